The molecule has 0 radical (unpaired) electrons. The lowest BCUT2D eigenvalue weighted by Gasteiger charge is -2.16. The number of benzene rings is 1. The number of hydrogen-bond donors (Lipinski definition) is 3. The van der Waals surface area contributed by atoms with Crippen LogP contribution in [0.3, 0.4) is 0 Å². The molecule has 0 bridgehead atoms. The van der Waals surface area contributed by atoms with Gasteiger partial charge in [-0.25, -0.2) is 4.79 Å². The van der Waals surface area contributed by atoms with Crippen LogP contribution in [0.4, 0.5) is 5.69 Å². The topological polar surface area (TPSA) is 92.4 Å². The highest BCUT2D eigenvalue weighted by atomic mass is 16.4. The van der Waals surface area contributed by atoms with E-state index in [0.717, 1.165) is 11.1 Å². The van der Waals surface area contributed by atoms with Gasteiger partial charge in [0.25, 0.3) is 0 Å². The Kier molecular flexibility index (Phi) is 4.92. The van der Waals surface area contributed by atoms with Crippen LogP contribution in [0.2, 0.25) is 0 Å². The monoisotopic (exact) mass is 264 g/mol. The van der Waals surface area contributed by atoms with Crippen molar-refractivity contribution >= 4 is 17.6 Å². The van der Waals surface area contributed by atoms with Gasteiger partial charge in [-0.1, -0.05) is 26.0 Å². The molecule has 104 valence electrons. The second-order valence-corrected chi connectivity index (χ2v) is 4.91. The quantitative estimate of drug-likeness (QED) is 0.703. The van der Waals surface area contributed by atoms with Crippen molar-refractivity contribution < 1.29 is 14.7 Å². The Morgan fingerprint density at radius 3 is 2.47 bits per heavy atom. The van der Waals surface area contributed by atoms with Gasteiger partial charge in [0.1, 0.15) is 6.04 Å². The molecule has 0 aliphatic rings. The van der Waals surface area contributed by atoms with Crippen LogP contribution in [0, 0.1) is 0 Å². The average molecular weight is 264 g/mol. The van der Waals surface area contributed by atoms with Crippen LogP contribution in [-0.4, -0.2) is 23.0 Å². The SMILES string of the molecule is CC(=O)NC(Cc1ccc(N)c(C(C)C)c1)C(=O)O. The third-order valence-electron chi connectivity index (χ3n) is 2.89. The van der Waals surface area contributed by atoms with E-state index in [2.05, 4.69) is 5.32 Å². The van der Waals surface area contributed by atoms with Crippen molar-refractivity contribution in [2.75, 3.05) is 5.73 Å². The fourth-order valence-electron chi connectivity index (χ4n) is 1.93. The summed E-state index contributed by atoms with van der Waals surface area (Å²) in [5.74, 6) is -1.13. The van der Waals surface area contributed by atoms with Gasteiger partial charge >= 0.3 is 5.97 Å². The lowest BCUT2D eigenvalue weighted by atomic mass is 9.96. The number of rotatable bonds is 5. The van der Waals surface area contributed by atoms with Crippen LogP contribution in [0.1, 0.15) is 37.8 Å². The van der Waals surface area contributed by atoms with Crippen molar-refractivity contribution in [3.63, 3.8) is 0 Å². The van der Waals surface area contributed by atoms with E-state index in [9.17, 15) is 9.59 Å². The minimum absolute atomic E-state index is 0.245. The minimum Gasteiger partial charge on any atom is -0.480 e. The number of carboxylic acid groups (broad SMARTS) is 1. The lowest BCUT2D eigenvalue weighted by molar-refractivity contribution is -0.141. The molecule has 1 atom stereocenters. The molecule has 5 heteroatoms. The Bertz CT molecular complexity index is 484. The van der Waals surface area contributed by atoms with Crippen LogP contribution < -0.4 is 11.1 Å². The van der Waals surface area contributed by atoms with E-state index >= 15 is 0 Å². The van der Waals surface area contributed by atoms with Gasteiger partial charge in [-0.05, 0) is 23.1 Å². The second-order valence-electron chi connectivity index (χ2n) is 4.91. The summed E-state index contributed by atoms with van der Waals surface area (Å²) in [6.45, 7) is 5.36. The van der Waals surface area contributed by atoms with Gasteiger partial charge in [-0.3, -0.25) is 4.79 Å². The van der Waals surface area contributed by atoms with Crippen LogP contribution in [0.15, 0.2) is 18.2 Å². The highest BCUT2D eigenvalue weighted by Crippen LogP contribution is 2.23. The zero-order chi connectivity index (χ0) is 14.6. The molecule has 0 saturated heterocycles. The summed E-state index contributed by atoms with van der Waals surface area (Å²) in [6.07, 6.45) is 0.245. The fraction of sp³-hybridized carbons (Fsp3) is 0.429. The predicted octanol–water partition coefficient (Wildman–Crippen LogP) is 1.52. The largest absolute Gasteiger partial charge is 0.480 e. The van der Waals surface area contributed by atoms with Gasteiger partial charge in [0, 0.05) is 19.0 Å². The van der Waals surface area contributed by atoms with Crippen molar-refractivity contribution in [3.8, 4) is 0 Å². The second kappa shape index (κ2) is 6.22. The van der Waals surface area contributed by atoms with E-state index in [0.29, 0.717) is 5.69 Å². The zero-order valence-corrected chi connectivity index (χ0v) is 11.4. The van der Waals surface area contributed by atoms with E-state index in [4.69, 9.17) is 10.8 Å². The zero-order valence-electron chi connectivity index (χ0n) is 11.4. The van der Waals surface area contributed by atoms with Crippen molar-refractivity contribution in [2.45, 2.75) is 39.2 Å². The third kappa shape index (κ3) is 4.28. The number of nitrogen functional groups attached to an aromatic ring is 1. The average Bonchev–Trinajstić information content (AvgIpc) is 2.29. The molecule has 1 rings (SSSR count). The number of amides is 1. The number of hydrogen-bond acceptors (Lipinski definition) is 3. The molecule has 1 aromatic rings. The first-order valence-corrected chi connectivity index (χ1v) is 6.19. The summed E-state index contributed by atoms with van der Waals surface area (Å²) >= 11 is 0. The Morgan fingerprint density at radius 1 is 1.37 bits per heavy atom. The van der Waals surface area contributed by atoms with Crippen molar-refractivity contribution in [1.82, 2.24) is 5.32 Å². The molecule has 1 unspecified atom stereocenters. The number of carboxylic acids is 1. The number of carbonyl (C=O) groups excluding carboxylic acids is 1. The number of nitrogens with one attached hydrogen (secondary N) is 1. The Hall–Kier alpha value is -2.04. The normalized spacial score (nSPS) is 12.2. The molecule has 0 spiro atoms. The van der Waals surface area contributed by atoms with Crippen LogP contribution in [0.25, 0.3) is 0 Å². The number of anilines is 1. The predicted molar refractivity (Wildman–Crippen MR) is 73.9 cm³/mol. The molecule has 5 nitrogen and oxygen atoms in total. The van der Waals surface area contributed by atoms with E-state index in [1.165, 1.54) is 6.92 Å². The van der Waals surface area contributed by atoms with Crippen molar-refractivity contribution in [2.24, 2.45) is 0 Å². The molecule has 1 aromatic carbocycles. The summed E-state index contributed by atoms with van der Waals surface area (Å²) in [7, 11) is 0. The summed E-state index contributed by atoms with van der Waals surface area (Å²) in [4.78, 5) is 22.1. The highest BCUT2D eigenvalue weighted by molar-refractivity contribution is 5.82. The minimum atomic E-state index is -1.04. The highest BCUT2D eigenvalue weighted by Gasteiger charge is 2.19. The smallest absolute Gasteiger partial charge is 0.326 e. The lowest BCUT2D eigenvalue weighted by Crippen LogP contribution is -2.41. The van der Waals surface area contributed by atoms with E-state index in [-0.39, 0.29) is 18.2 Å². The van der Waals surface area contributed by atoms with Gasteiger partial charge < -0.3 is 16.2 Å². The van der Waals surface area contributed by atoms with Gasteiger partial charge in [0.15, 0.2) is 0 Å². The maximum Gasteiger partial charge on any atom is 0.326 e. The Balaban J connectivity index is 2.94. The van der Waals surface area contributed by atoms with Crippen LogP contribution in [0.5, 0.6) is 0 Å². The molecule has 0 fully saturated rings. The molecular weight excluding hydrogens is 244 g/mol. The summed E-state index contributed by atoms with van der Waals surface area (Å²) in [6, 6.07) is 4.55. The summed E-state index contributed by atoms with van der Waals surface area (Å²) < 4.78 is 0. The van der Waals surface area contributed by atoms with Gasteiger partial charge in [-0.2, -0.15) is 0 Å². The standard InChI is InChI=1S/C14H20N2O3/c1-8(2)11-6-10(4-5-12(11)15)7-13(14(18)19)16-9(3)17/h4-6,8,13H,7,15H2,1-3H3,(H,16,17)(H,18,19). The van der Waals surface area contributed by atoms with Crippen LogP contribution in [-0.2, 0) is 16.0 Å². The number of aliphatic carboxylic acids is 1. The molecule has 0 heterocycles. The Morgan fingerprint density at radius 2 is 2.00 bits per heavy atom. The van der Waals surface area contributed by atoms with E-state index < -0.39 is 12.0 Å². The molecule has 1 amide bonds. The number of carbonyl (C=O) groups is 2. The maximum atomic E-state index is 11.1. The fourth-order valence-corrected chi connectivity index (χ4v) is 1.93. The first-order chi connectivity index (χ1) is 8.81. The molecule has 4 N–H and O–H groups in total. The first kappa shape index (κ1) is 15.0. The van der Waals surface area contributed by atoms with Crippen LogP contribution >= 0.6 is 0 Å². The van der Waals surface area contributed by atoms with Gasteiger partial charge in [-0.15, -0.1) is 0 Å². The summed E-state index contributed by atoms with van der Waals surface area (Å²) in [5.41, 5.74) is 8.41. The first-order valence-electron chi connectivity index (χ1n) is 6.19. The molecule has 0 aliphatic carbocycles. The molecule has 0 aromatic heterocycles. The van der Waals surface area contributed by atoms with E-state index in [1.807, 2.05) is 19.9 Å². The molecular formula is C14H20N2O3. The van der Waals surface area contributed by atoms with Gasteiger partial charge in [0.2, 0.25) is 5.91 Å². The van der Waals surface area contributed by atoms with E-state index in [1.54, 1.807) is 12.1 Å². The number of nitrogens with two attached hydrogens (primary N) is 1. The van der Waals surface area contributed by atoms with Gasteiger partial charge in [0.05, 0.1) is 0 Å². The molecule has 0 saturated carbocycles. The van der Waals surface area contributed by atoms with Crippen molar-refractivity contribution in [1.29, 1.82) is 0 Å². The van der Waals surface area contributed by atoms with Crippen molar-refractivity contribution in [3.05, 3.63) is 29.3 Å². The Labute approximate surface area is 112 Å². The molecule has 0 aliphatic heterocycles. The summed E-state index contributed by atoms with van der Waals surface area (Å²) in [5, 5.41) is 11.5. The maximum absolute atomic E-state index is 11.1. The molecule has 19 heavy (non-hydrogen) atoms. The third-order valence-corrected chi connectivity index (χ3v) is 2.89.